The van der Waals surface area contributed by atoms with Gasteiger partial charge in [-0.1, -0.05) is 12.1 Å². The first-order valence-electron chi connectivity index (χ1n) is 6.91. The van der Waals surface area contributed by atoms with Crippen LogP contribution in [-0.2, 0) is 16.1 Å². The van der Waals surface area contributed by atoms with E-state index in [1.165, 1.54) is 12.8 Å². The molecule has 1 aromatic rings. The van der Waals surface area contributed by atoms with Crippen molar-refractivity contribution in [3.63, 3.8) is 0 Å². The average molecular weight is 265 g/mol. The van der Waals surface area contributed by atoms with E-state index in [9.17, 15) is 0 Å². The van der Waals surface area contributed by atoms with Crippen LogP contribution in [0.4, 0.5) is 0 Å². The van der Waals surface area contributed by atoms with E-state index in [1.807, 2.05) is 24.3 Å². The van der Waals surface area contributed by atoms with Gasteiger partial charge in [-0.25, -0.2) is 0 Å². The Balaban J connectivity index is 1.53. The molecule has 106 valence electrons. The quantitative estimate of drug-likeness (QED) is 0.730. The molecule has 1 aliphatic rings. The molecule has 1 saturated heterocycles. The van der Waals surface area contributed by atoms with Crippen molar-refractivity contribution in [2.75, 3.05) is 33.4 Å². The molecule has 2 rings (SSSR count). The fraction of sp³-hybridized carbons (Fsp3) is 0.600. The molecule has 4 heteroatoms. The number of benzene rings is 1. The molecule has 0 spiro atoms. The summed E-state index contributed by atoms with van der Waals surface area (Å²) in [7, 11) is 1.68. The summed E-state index contributed by atoms with van der Waals surface area (Å²) in [4.78, 5) is 0. The first-order valence-corrected chi connectivity index (χ1v) is 6.91. The van der Waals surface area contributed by atoms with Gasteiger partial charge in [0.2, 0.25) is 0 Å². The van der Waals surface area contributed by atoms with Crippen molar-refractivity contribution >= 4 is 0 Å². The van der Waals surface area contributed by atoms with Crippen molar-refractivity contribution < 1.29 is 14.2 Å². The molecule has 0 saturated carbocycles. The van der Waals surface area contributed by atoms with Crippen LogP contribution in [-0.4, -0.2) is 39.5 Å². The highest BCUT2D eigenvalue weighted by Crippen LogP contribution is 2.13. The van der Waals surface area contributed by atoms with Gasteiger partial charge < -0.3 is 19.5 Å². The minimum absolute atomic E-state index is 0.401. The Hall–Kier alpha value is -1.10. The van der Waals surface area contributed by atoms with Gasteiger partial charge in [-0.2, -0.15) is 0 Å². The molecule has 1 atom stereocenters. The van der Waals surface area contributed by atoms with Crippen LogP contribution in [0.2, 0.25) is 0 Å². The van der Waals surface area contributed by atoms with Crippen LogP contribution in [0.15, 0.2) is 24.3 Å². The summed E-state index contributed by atoms with van der Waals surface area (Å²) in [6.07, 6.45) is 2.77. The zero-order valence-corrected chi connectivity index (χ0v) is 11.6. The Labute approximate surface area is 115 Å². The van der Waals surface area contributed by atoms with Gasteiger partial charge in [0.15, 0.2) is 0 Å². The smallest absolute Gasteiger partial charge is 0.119 e. The fourth-order valence-corrected chi connectivity index (χ4v) is 2.16. The molecule has 0 bridgehead atoms. The second kappa shape index (κ2) is 8.15. The van der Waals surface area contributed by atoms with Crippen LogP contribution in [0, 0.1) is 0 Å². The minimum Gasteiger partial charge on any atom is -0.497 e. The van der Waals surface area contributed by atoms with Gasteiger partial charge >= 0.3 is 0 Å². The third kappa shape index (κ3) is 5.19. The average Bonchev–Trinajstić information content (AvgIpc) is 2.96. The van der Waals surface area contributed by atoms with E-state index in [0.717, 1.165) is 31.0 Å². The Morgan fingerprint density at radius 3 is 3.16 bits per heavy atom. The number of hydrogen-bond acceptors (Lipinski definition) is 4. The molecule has 1 unspecified atom stereocenters. The summed E-state index contributed by atoms with van der Waals surface area (Å²) in [5.74, 6) is 0.873. The van der Waals surface area contributed by atoms with Crippen molar-refractivity contribution in [3.05, 3.63) is 29.8 Å². The number of hydrogen-bond donors (Lipinski definition) is 1. The summed E-state index contributed by atoms with van der Waals surface area (Å²) in [6.45, 7) is 4.05. The van der Waals surface area contributed by atoms with E-state index in [1.54, 1.807) is 7.11 Å². The van der Waals surface area contributed by atoms with Crippen LogP contribution < -0.4 is 10.1 Å². The summed E-state index contributed by atoms with van der Waals surface area (Å²) in [5.41, 5.74) is 1.14. The van der Waals surface area contributed by atoms with E-state index in [0.29, 0.717) is 19.3 Å². The molecule has 1 aromatic carbocycles. The monoisotopic (exact) mass is 265 g/mol. The lowest BCUT2D eigenvalue weighted by atomic mass is 10.2. The zero-order valence-electron chi connectivity index (χ0n) is 11.6. The second-order valence-electron chi connectivity index (χ2n) is 4.74. The molecule has 0 radical (unpaired) electrons. The van der Waals surface area contributed by atoms with Gasteiger partial charge in [0.1, 0.15) is 5.75 Å². The lowest BCUT2D eigenvalue weighted by Crippen LogP contribution is -2.29. The lowest BCUT2D eigenvalue weighted by Gasteiger charge is -2.11. The zero-order chi connectivity index (χ0) is 13.3. The van der Waals surface area contributed by atoms with E-state index in [4.69, 9.17) is 14.2 Å². The summed E-state index contributed by atoms with van der Waals surface area (Å²) in [5, 5.41) is 3.36. The molecule has 1 heterocycles. The third-order valence-electron chi connectivity index (χ3n) is 3.22. The molecule has 0 amide bonds. The van der Waals surface area contributed by atoms with Crippen molar-refractivity contribution in [1.82, 2.24) is 5.32 Å². The molecular formula is C15H23NO3. The van der Waals surface area contributed by atoms with Gasteiger partial charge in [0.05, 0.1) is 26.4 Å². The minimum atomic E-state index is 0.401. The number of nitrogens with one attached hydrogen (secondary N) is 1. The number of methoxy groups -OCH3 is 1. The maximum atomic E-state index is 5.63. The highest BCUT2D eigenvalue weighted by molar-refractivity contribution is 5.27. The van der Waals surface area contributed by atoms with Crippen LogP contribution in [0.5, 0.6) is 5.75 Å². The summed E-state index contributed by atoms with van der Waals surface area (Å²) >= 11 is 0. The predicted molar refractivity (Wildman–Crippen MR) is 74.5 cm³/mol. The van der Waals surface area contributed by atoms with Crippen molar-refractivity contribution in [3.8, 4) is 5.75 Å². The van der Waals surface area contributed by atoms with Crippen LogP contribution in [0.1, 0.15) is 18.4 Å². The SMILES string of the molecule is COc1cccc(COCCNCC2CCCO2)c1. The standard InChI is InChI=1S/C15H23NO3/c1-17-14-5-2-4-13(10-14)12-18-9-7-16-11-15-6-3-8-19-15/h2,4-5,10,15-16H,3,6-9,11-12H2,1H3. The molecule has 1 fully saturated rings. The number of ether oxygens (including phenoxy) is 3. The Morgan fingerprint density at radius 1 is 1.42 bits per heavy atom. The second-order valence-corrected chi connectivity index (χ2v) is 4.74. The first kappa shape index (κ1) is 14.3. The molecular weight excluding hydrogens is 242 g/mol. The van der Waals surface area contributed by atoms with Gasteiger partial charge in [0, 0.05) is 19.7 Å². The van der Waals surface area contributed by atoms with Gasteiger partial charge in [-0.15, -0.1) is 0 Å². The van der Waals surface area contributed by atoms with Gasteiger partial charge in [-0.05, 0) is 30.5 Å². The molecule has 1 aliphatic heterocycles. The van der Waals surface area contributed by atoms with Crippen LogP contribution in [0.3, 0.4) is 0 Å². The van der Waals surface area contributed by atoms with E-state index in [2.05, 4.69) is 5.32 Å². The van der Waals surface area contributed by atoms with Crippen molar-refractivity contribution in [2.45, 2.75) is 25.6 Å². The maximum Gasteiger partial charge on any atom is 0.119 e. The van der Waals surface area contributed by atoms with E-state index >= 15 is 0 Å². The van der Waals surface area contributed by atoms with Crippen molar-refractivity contribution in [1.29, 1.82) is 0 Å². The molecule has 1 N–H and O–H groups in total. The highest BCUT2D eigenvalue weighted by Gasteiger charge is 2.13. The summed E-state index contributed by atoms with van der Waals surface area (Å²) in [6, 6.07) is 7.96. The Bertz CT molecular complexity index is 364. The fourth-order valence-electron chi connectivity index (χ4n) is 2.16. The van der Waals surface area contributed by atoms with E-state index in [-0.39, 0.29) is 0 Å². The lowest BCUT2D eigenvalue weighted by molar-refractivity contribution is 0.0985. The maximum absolute atomic E-state index is 5.63. The highest BCUT2D eigenvalue weighted by atomic mass is 16.5. The molecule has 19 heavy (non-hydrogen) atoms. The van der Waals surface area contributed by atoms with Crippen LogP contribution in [0.25, 0.3) is 0 Å². The topological polar surface area (TPSA) is 39.7 Å². The van der Waals surface area contributed by atoms with Gasteiger partial charge in [-0.3, -0.25) is 0 Å². The Morgan fingerprint density at radius 2 is 2.37 bits per heavy atom. The van der Waals surface area contributed by atoms with Crippen LogP contribution >= 0.6 is 0 Å². The third-order valence-corrected chi connectivity index (χ3v) is 3.22. The Kier molecular flexibility index (Phi) is 6.14. The molecule has 4 nitrogen and oxygen atoms in total. The molecule has 0 aliphatic carbocycles. The van der Waals surface area contributed by atoms with Gasteiger partial charge in [0.25, 0.3) is 0 Å². The normalized spacial score (nSPS) is 18.7. The van der Waals surface area contributed by atoms with Crippen molar-refractivity contribution in [2.24, 2.45) is 0 Å². The largest absolute Gasteiger partial charge is 0.497 e. The first-order chi connectivity index (χ1) is 9.38. The number of rotatable bonds is 8. The molecule has 0 aromatic heterocycles. The van der Waals surface area contributed by atoms with E-state index < -0.39 is 0 Å². The summed E-state index contributed by atoms with van der Waals surface area (Å²) < 4.78 is 16.3. The predicted octanol–water partition coefficient (Wildman–Crippen LogP) is 1.98.